The van der Waals surface area contributed by atoms with Crippen molar-refractivity contribution in [2.24, 2.45) is 0 Å². The summed E-state index contributed by atoms with van der Waals surface area (Å²) in [6.07, 6.45) is 2.73. The number of nitro benzene ring substituents is 1. The Kier molecular flexibility index (Phi) is 4.60. The Labute approximate surface area is 153 Å². The molecule has 3 aromatic rings. The highest BCUT2D eigenvalue weighted by Crippen LogP contribution is 2.37. The number of hydrogen-bond acceptors (Lipinski definition) is 6. The Balaban J connectivity index is 2.09. The van der Waals surface area contributed by atoms with Crippen LogP contribution in [0.5, 0.6) is 11.5 Å². The van der Waals surface area contributed by atoms with Crippen LogP contribution in [0.4, 0.5) is 5.69 Å². The van der Waals surface area contributed by atoms with Crippen molar-refractivity contribution in [1.82, 2.24) is 4.98 Å². The molecular weight excluding hydrogens is 350 g/mol. The van der Waals surface area contributed by atoms with E-state index in [1.54, 1.807) is 18.2 Å². The molecule has 0 saturated heterocycles. The molecule has 1 heterocycles. The number of fused-ring (bicyclic) bond motifs is 1. The molecule has 2 N–H and O–H groups in total. The molecule has 0 saturated carbocycles. The lowest BCUT2D eigenvalue weighted by Gasteiger charge is -2.06. The Hall–Kier alpha value is -4.12. The Morgan fingerprint density at radius 1 is 1.37 bits per heavy atom. The second-order valence-electron chi connectivity index (χ2n) is 5.59. The number of hydrogen-bond donors (Lipinski definition) is 2. The molecule has 3 rings (SSSR count). The number of nitro groups is 1. The Morgan fingerprint density at radius 2 is 2.11 bits per heavy atom. The molecule has 0 spiro atoms. The molecule has 27 heavy (non-hydrogen) atoms. The van der Waals surface area contributed by atoms with Crippen LogP contribution in [0.3, 0.4) is 0 Å². The van der Waals surface area contributed by atoms with Gasteiger partial charge in [-0.15, -0.1) is 0 Å². The maximum absolute atomic E-state index is 12.8. The van der Waals surface area contributed by atoms with E-state index in [2.05, 4.69) is 4.98 Å². The third-order valence-corrected chi connectivity index (χ3v) is 4.00. The van der Waals surface area contributed by atoms with Crippen molar-refractivity contribution >= 4 is 28.4 Å². The van der Waals surface area contributed by atoms with E-state index in [0.29, 0.717) is 10.9 Å². The van der Waals surface area contributed by atoms with Gasteiger partial charge in [-0.05, 0) is 23.8 Å². The number of nitrogens with one attached hydrogen (secondary N) is 1. The first kappa shape index (κ1) is 17.7. The number of phenolic OH excluding ortho intramolecular Hbond substituents is 1. The smallest absolute Gasteiger partial charge is 0.315 e. The first-order valence-electron chi connectivity index (χ1n) is 7.74. The zero-order chi connectivity index (χ0) is 19.6. The van der Waals surface area contributed by atoms with Crippen molar-refractivity contribution in [3.63, 3.8) is 0 Å². The number of ketones is 1. The van der Waals surface area contributed by atoms with E-state index in [-0.39, 0.29) is 16.9 Å². The molecule has 0 unspecified atom stereocenters. The van der Waals surface area contributed by atoms with Crippen LogP contribution in [0.2, 0.25) is 0 Å². The van der Waals surface area contributed by atoms with Crippen molar-refractivity contribution in [2.45, 2.75) is 0 Å². The molecule has 134 valence electrons. The molecule has 0 aliphatic rings. The minimum atomic E-state index is -0.775. The highest BCUT2D eigenvalue weighted by Gasteiger charge is 2.21. The zero-order valence-corrected chi connectivity index (χ0v) is 14.1. The van der Waals surface area contributed by atoms with E-state index < -0.39 is 22.1 Å². The fraction of sp³-hybridized carbons (Fsp3) is 0.0526. The molecule has 2 aromatic carbocycles. The standard InChI is InChI=1S/C19H13N3O5/c1-27-17-8-11(7-16(19(17)24)22(25)26)6-12(9-20)18(23)14-10-21-15-5-3-2-4-13(14)15/h2-8,10,21,24H,1H3/b12-6+. The molecule has 0 aliphatic heterocycles. The number of H-pyrrole nitrogens is 1. The van der Waals surface area contributed by atoms with E-state index in [1.165, 1.54) is 25.4 Å². The van der Waals surface area contributed by atoms with Gasteiger partial charge in [0, 0.05) is 28.7 Å². The second-order valence-corrected chi connectivity index (χ2v) is 5.59. The predicted molar refractivity (Wildman–Crippen MR) is 97.5 cm³/mol. The second kappa shape index (κ2) is 7.01. The number of allylic oxidation sites excluding steroid dienone is 1. The van der Waals surface area contributed by atoms with E-state index in [4.69, 9.17) is 4.74 Å². The van der Waals surface area contributed by atoms with Crippen molar-refractivity contribution in [3.8, 4) is 17.6 Å². The molecule has 1 aromatic heterocycles. The van der Waals surface area contributed by atoms with E-state index in [1.807, 2.05) is 12.1 Å². The fourth-order valence-corrected chi connectivity index (χ4v) is 2.71. The normalized spacial score (nSPS) is 11.2. The van der Waals surface area contributed by atoms with Crippen LogP contribution in [0, 0.1) is 21.4 Å². The highest BCUT2D eigenvalue weighted by atomic mass is 16.6. The number of aromatic nitrogens is 1. The maximum atomic E-state index is 12.8. The summed E-state index contributed by atoms with van der Waals surface area (Å²) in [5.41, 5.74) is 0.457. The molecule has 0 atom stereocenters. The number of aromatic hydroxyl groups is 1. The van der Waals surface area contributed by atoms with Gasteiger partial charge in [-0.3, -0.25) is 14.9 Å². The average molecular weight is 363 g/mol. The quantitative estimate of drug-likeness (QED) is 0.234. The summed E-state index contributed by atoms with van der Waals surface area (Å²) in [6.45, 7) is 0. The number of para-hydroxylation sites is 1. The third-order valence-electron chi connectivity index (χ3n) is 4.00. The number of aromatic amines is 1. The number of Topliss-reactive ketones (excluding diaryl/α,β-unsaturated/α-hetero) is 1. The van der Waals surface area contributed by atoms with Crippen LogP contribution < -0.4 is 4.74 Å². The fourth-order valence-electron chi connectivity index (χ4n) is 2.71. The summed E-state index contributed by atoms with van der Waals surface area (Å²) in [4.78, 5) is 26.1. The number of phenols is 1. The molecule has 8 nitrogen and oxygen atoms in total. The number of ether oxygens (including phenoxy) is 1. The van der Waals surface area contributed by atoms with E-state index in [9.17, 15) is 25.3 Å². The van der Waals surface area contributed by atoms with Gasteiger partial charge in [0.2, 0.25) is 11.5 Å². The van der Waals surface area contributed by atoms with Gasteiger partial charge >= 0.3 is 5.69 Å². The summed E-state index contributed by atoms with van der Waals surface area (Å²) in [6, 6.07) is 11.3. The van der Waals surface area contributed by atoms with Crippen molar-refractivity contribution in [2.75, 3.05) is 7.11 Å². The van der Waals surface area contributed by atoms with Gasteiger partial charge < -0.3 is 14.8 Å². The van der Waals surface area contributed by atoms with Crippen molar-refractivity contribution in [1.29, 1.82) is 5.26 Å². The molecular formula is C19H13N3O5. The lowest BCUT2D eigenvalue weighted by molar-refractivity contribution is -0.386. The number of carbonyl (C=O) groups excluding carboxylic acids is 1. The summed E-state index contributed by atoms with van der Waals surface area (Å²) < 4.78 is 4.93. The van der Waals surface area contributed by atoms with Crippen LogP contribution in [0.15, 0.2) is 48.2 Å². The van der Waals surface area contributed by atoms with Gasteiger partial charge in [0.15, 0.2) is 5.75 Å². The largest absolute Gasteiger partial charge is 0.500 e. The number of carbonyl (C=O) groups is 1. The third kappa shape index (κ3) is 3.21. The van der Waals surface area contributed by atoms with Gasteiger partial charge in [-0.1, -0.05) is 18.2 Å². The summed E-state index contributed by atoms with van der Waals surface area (Å²) in [5, 5.41) is 31.0. The van der Waals surface area contributed by atoms with E-state index >= 15 is 0 Å². The zero-order valence-electron chi connectivity index (χ0n) is 14.1. The van der Waals surface area contributed by atoms with Crippen LogP contribution in [-0.4, -0.2) is 27.9 Å². The number of nitriles is 1. The molecule has 0 amide bonds. The van der Waals surface area contributed by atoms with Gasteiger partial charge in [-0.2, -0.15) is 5.26 Å². The van der Waals surface area contributed by atoms with Gasteiger partial charge in [-0.25, -0.2) is 0 Å². The van der Waals surface area contributed by atoms with Crippen molar-refractivity contribution in [3.05, 3.63) is 69.4 Å². The minimum absolute atomic E-state index is 0.132. The first-order valence-corrected chi connectivity index (χ1v) is 7.74. The first-order chi connectivity index (χ1) is 13.0. The lowest BCUT2D eigenvalue weighted by Crippen LogP contribution is -2.01. The SMILES string of the molecule is COc1cc(/C=C(\C#N)C(=O)c2c[nH]c3ccccc23)cc([N+](=O)[O-])c1O. The van der Waals surface area contributed by atoms with Gasteiger partial charge in [0.05, 0.1) is 12.0 Å². The maximum Gasteiger partial charge on any atom is 0.315 e. The van der Waals surface area contributed by atoms with Crippen LogP contribution in [-0.2, 0) is 0 Å². The topological polar surface area (TPSA) is 129 Å². The molecule has 0 radical (unpaired) electrons. The average Bonchev–Trinajstić information content (AvgIpc) is 3.10. The Morgan fingerprint density at radius 3 is 2.78 bits per heavy atom. The summed E-state index contributed by atoms with van der Waals surface area (Å²) >= 11 is 0. The predicted octanol–water partition coefficient (Wildman–Crippen LogP) is 3.58. The lowest BCUT2D eigenvalue weighted by atomic mass is 10.0. The number of benzene rings is 2. The van der Waals surface area contributed by atoms with Gasteiger partial charge in [0.1, 0.15) is 11.6 Å². The van der Waals surface area contributed by atoms with E-state index in [0.717, 1.165) is 11.6 Å². The van der Waals surface area contributed by atoms with Crippen LogP contribution in [0.25, 0.3) is 17.0 Å². The monoisotopic (exact) mass is 363 g/mol. The molecule has 8 heteroatoms. The molecule has 0 fully saturated rings. The Bertz CT molecular complexity index is 1140. The highest BCUT2D eigenvalue weighted by molar-refractivity contribution is 6.19. The van der Waals surface area contributed by atoms with Gasteiger partial charge in [0.25, 0.3) is 0 Å². The minimum Gasteiger partial charge on any atom is -0.500 e. The molecule has 0 aliphatic carbocycles. The van der Waals surface area contributed by atoms with Crippen LogP contribution >= 0.6 is 0 Å². The summed E-state index contributed by atoms with van der Waals surface area (Å²) in [5.74, 6) is -1.28. The number of rotatable bonds is 5. The number of nitrogens with zero attached hydrogens (tertiary/aromatic N) is 2. The van der Waals surface area contributed by atoms with Crippen LogP contribution in [0.1, 0.15) is 15.9 Å². The number of methoxy groups -OCH3 is 1. The molecule has 0 bridgehead atoms. The van der Waals surface area contributed by atoms with Crippen molar-refractivity contribution < 1.29 is 19.6 Å². The summed E-state index contributed by atoms with van der Waals surface area (Å²) in [7, 11) is 1.24.